The van der Waals surface area contributed by atoms with Gasteiger partial charge in [-0.2, -0.15) is 5.10 Å². The number of nitrogens with one attached hydrogen (secondary N) is 2. The maximum absolute atomic E-state index is 12.7. The Balaban J connectivity index is 1.52. The summed E-state index contributed by atoms with van der Waals surface area (Å²) in [6.07, 6.45) is 3.34. The topological polar surface area (TPSA) is 75.8 Å². The van der Waals surface area contributed by atoms with Gasteiger partial charge >= 0.3 is 0 Å². The summed E-state index contributed by atoms with van der Waals surface area (Å²) in [5, 5.41) is 10.4. The minimum atomic E-state index is -0.107. The predicted molar refractivity (Wildman–Crippen MR) is 103 cm³/mol. The Morgan fingerprint density at radius 1 is 1.27 bits per heavy atom. The average Bonchev–Trinajstić information content (AvgIpc) is 3.37. The molecule has 4 aromatic rings. The Morgan fingerprint density at radius 2 is 2.19 bits per heavy atom. The second-order valence-corrected chi connectivity index (χ2v) is 7.46. The fraction of sp³-hybridized carbons (Fsp3) is 0.111. The van der Waals surface area contributed by atoms with E-state index in [4.69, 9.17) is 16.0 Å². The van der Waals surface area contributed by atoms with Crippen LogP contribution in [0.1, 0.15) is 10.6 Å². The second-order valence-electron chi connectivity index (χ2n) is 5.66. The van der Waals surface area contributed by atoms with Gasteiger partial charge in [-0.15, -0.1) is 11.3 Å². The van der Waals surface area contributed by atoms with Crippen molar-refractivity contribution in [3.8, 4) is 11.3 Å². The second kappa shape index (κ2) is 7.23. The van der Waals surface area contributed by atoms with Crippen LogP contribution in [0.3, 0.4) is 0 Å². The van der Waals surface area contributed by atoms with Crippen LogP contribution in [-0.4, -0.2) is 14.8 Å². The van der Waals surface area contributed by atoms with Crippen molar-refractivity contribution in [2.45, 2.75) is 13.1 Å². The first-order valence-corrected chi connectivity index (χ1v) is 9.14. The number of pyridine rings is 1. The van der Waals surface area contributed by atoms with Crippen molar-refractivity contribution in [2.75, 3.05) is 5.32 Å². The van der Waals surface area contributed by atoms with E-state index in [-0.39, 0.29) is 5.56 Å². The van der Waals surface area contributed by atoms with Crippen LogP contribution < -0.4 is 10.9 Å². The lowest BCUT2D eigenvalue weighted by Gasteiger charge is -2.05. The fourth-order valence-electron chi connectivity index (χ4n) is 2.61. The molecule has 132 valence electrons. The SMILES string of the molecule is O=c1c(-c2cc(NCc3ccc(Cl)s3)n[nH]2)cccn1Cc1ccco1. The predicted octanol–water partition coefficient (Wildman–Crippen LogP) is 4.21. The van der Waals surface area contributed by atoms with E-state index in [1.807, 2.05) is 30.3 Å². The van der Waals surface area contributed by atoms with Crippen LogP contribution in [0.15, 0.2) is 64.1 Å². The highest BCUT2D eigenvalue weighted by Crippen LogP contribution is 2.23. The maximum Gasteiger partial charge on any atom is 0.260 e. The third-order valence-corrected chi connectivity index (χ3v) is 5.10. The number of aromatic amines is 1. The van der Waals surface area contributed by atoms with Crippen molar-refractivity contribution in [3.63, 3.8) is 0 Å². The summed E-state index contributed by atoms with van der Waals surface area (Å²) in [6, 6.07) is 12.9. The number of rotatable bonds is 6. The zero-order chi connectivity index (χ0) is 17.9. The average molecular weight is 387 g/mol. The third kappa shape index (κ3) is 3.58. The molecule has 0 aliphatic heterocycles. The van der Waals surface area contributed by atoms with Crippen LogP contribution in [0.2, 0.25) is 4.34 Å². The van der Waals surface area contributed by atoms with Gasteiger partial charge in [-0.3, -0.25) is 9.89 Å². The number of halogens is 1. The molecule has 0 atom stereocenters. The summed E-state index contributed by atoms with van der Waals surface area (Å²) in [7, 11) is 0. The molecule has 4 rings (SSSR count). The molecule has 0 radical (unpaired) electrons. The summed E-state index contributed by atoms with van der Waals surface area (Å²) in [6.45, 7) is 1.01. The van der Waals surface area contributed by atoms with Crippen molar-refractivity contribution in [3.05, 3.63) is 80.3 Å². The number of nitrogens with zero attached hydrogens (tertiary/aromatic N) is 2. The summed E-state index contributed by atoms with van der Waals surface area (Å²) in [5.74, 6) is 1.40. The standard InChI is InChI=1S/C18H15ClN4O2S/c19-16-6-5-13(26-16)10-20-17-9-15(21-22-17)14-4-1-7-23(18(14)24)11-12-3-2-8-25-12/h1-9H,10-11H2,(H2,20,21,22). The van der Waals surface area contributed by atoms with E-state index in [1.165, 1.54) is 11.3 Å². The molecular weight excluding hydrogens is 372 g/mol. The Bertz CT molecular complexity index is 1070. The number of hydrogen-bond donors (Lipinski definition) is 2. The number of furan rings is 1. The highest BCUT2D eigenvalue weighted by atomic mass is 35.5. The number of aromatic nitrogens is 3. The molecule has 4 aromatic heterocycles. The first kappa shape index (κ1) is 16.7. The zero-order valence-corrected chi connectivity index (χ0v) is 15.2. The lowest BCUT2D eigenvalue weighted by atomic mass is 10.2. The van der Waals surface area contributed by atoms with E-state index in [0.29, 0.717) is 30.2 Å². The first-order chi connectivity index (χ1) is 12.7. The monoisotopic (exact) mass is 386 g/mol. The van der Waals surface area contributed by atoms with Crippen molar-refractivity contribution in [1.29, 1.82) is 0 Å². The van der Waals surface area contributed by atoms with Crippen LogP contribution >= 0.6 is 22.9 Å². The summed E-state index contributed by atoms with van der Waals surface area (Å²) in [4.78, 5) is 13.8. The molecular formula is C18H15ClN4O2S. The zero-order valence-electron chi connectivity index (χ0n) is 13.6. The fourth-order valence-corrected chi connectivity index (χ4v) is 3.64. The summed E-state index contributed by atoms with van der Waals surface area (Å²) >= 11 is 7.45. The van der Waals surface area contributed by atoms with Gasteiger partial charge in [-0.1, -0.05) is 11.6 Å². The minimum absolute atomic E-state index is 0.107. The molecule has 0 aliphatic carbocycles. The molecule has 8 heteroatoms. The molecule has 0 saturated heterocycles. The quantitative estimate of drug-likeness (QED) is 0.520. The molecule has 0 fully saturated rings. The van der Waals surface area contributed by atoms with E-state index >= 15 is 0 Å². The molecule has 0 saturated carbocycles. The van der Waals surface area contributed by atoms with Crippen molar-refractivity contribution in [2.24, 2.45) is 0 Å². The smallest absolute Gasteiger partial charge is 0.260 e. The van der Waals surface area contributed by atoms with Gasteiger partial charge in [0.1, 0.15) is 11.6 Å². The molecule has 26 heavy (non-hydrogen) atoms. The minimum Gasteiger partial charge on any atom is -0.467 e. The van der Waals surface area contributed by atoms with Crippen LogP contribution in [0, 0.1) is 0 Å². The van der Waals surface area contributed by atoms with Gasteiger partial charge in [0, 0.05) is 17.1 Å². The van der Waals surface area contributed by atoms with Gasteiger partial charge in [0.2, 0.25) is 0 Å². The van der Waals surface area contributed by atoms with Gasteiger partial charge in [-0.25, -0.2) is 0 Å². The lowest BCUT2D eigenvalue weighted by molar-refractivity contribution is 0.490. The van der Waals surface area contributed by atoms with Crippen LogP contribution in [0.25, 0.3) is 11.3 Å². The normalized spacial score (nSPS) is 11.0. The van der Waals surface area contributed by atoms with Crippen molar-refractivity contribution in [1.82, 2.24) is 14.8 Å². The summed E-state index contributed by atoms with van der Waals surface area (Å²) < 4.78 is 7.68. The highest BCUT2D eigenvalue weighted by molar-refractivity contribution is 7.16. The number of H-pyrrole nitrogens is 1. The van der Waals surface area contributed by atoms with Crippen LogP contribution in [-0.2, 0) is 13.1 Å². The molecule has 0 amide bonds. The molecule has 0 spiro atoms. The summed E-state index contributed by atoms with van der Waals surface area (Å²) in [5.41, 5.74) is 1.11. The number of hydrogen-bond acceptors (Lipinski definition) is 5. The van der Waals surface area contributed by atoms with Crippen molar-refractivity contribution < 1.29 is 4.42 Å². The Labute approximate surface area is 158 Å². The molecule has 2 N–H and O–H groups in total. The number of anilines is 1. The van der Waals surface area contributed by atoms with E-state index < -0.39 is 0 Å². The molecule has 0 aromatic carbocycles. The lowest BCUT2D eigenvalue weighted by Crippen LogP contribution is -2.21. The van der Waals surface area contributed by atoms with Gasteiger partial charge in [-0.05, 0) is 36.4 Å². The van der Waals surface area contributed by atoms with E-state index in [2.05, 4.69) is 15.5 Å². The van der Waals surface area contributed by atoms with Gasteiger partial charge in [0.05, 0.1) is 34.9 Å². The first-order valence-electron chi connectivity index (χ1n) is 7.95. The Kier molecular flexibility index (Phi) is 4.64. The molecule has 0 bridgehead atoms. The maximum atomic E-state index is 12.7. The van der Waals surface area contributed by atoms with Gasteiger partial charge < -0.3 is 14.3 Å². The largest absolute Gasteiger partial charge is 0.467 e. The molecule has 4 heterocycles. The van der Waals surface area contributed by atoms with E-state index in [0.717, 1.165) is 15.0 Å². The van der Waals surface area contributed by atoms with Crippen molar-refractivity contribution >= 4 is 28.8 Å². The van der Waals surface area contributed by atoms with Crippen LogP contribution in [0.4, 0.5) is 5.82 Å². The van der Waals surface area contributed by atoms with Gasteiger partial charge in [0.15, 0.2) is 0 Å². The van der Waals surface area contributed by atoms with Gasteiger partial charge in [0.25, 0.3) is 5.56 Å². The van der Waals surface area contributed by atoms with Crippen LogP contribution in [0.5, 0.6) is 0 Å². The third-order valence-electron chi connectivity index (χ3n) is 3.87. The van der Waals surface area contributed by atoms with E-state index in [1.54, 1.807) is 29.2 Å². The Hall–Kier alpha value is -2.77. The Morgan fingerprint density at radius 3 is 2.96 bits per heavy atom. The molecule has 6 nitrogen and oxygen atoms in total. The van der Waals surface area contributed by atoms with E-state index in [9.17, 15) is 4.79 Å². The molecule has 0 aliphatic rings. The molecule has 0 unspecified atom stereocenters. The number of thiophene rings is 1. The highest BCUT2D eigenvalue weighted by Gasteiger charge is 2.10.